The van der Waals surface area contributed by atoms with Gasteiger partial charge in [-0.25, -0.2) is 4.79 Å². The lowest BCUT2D eigenvalue weighted by molar-refractivity contribution is 0.0240. The molecule has 1 heterocycles. The summed E-state index contributed by atoms with van der Waals surface area (Å²) in [5, 5.41) is 19.2. The van der Waals surface area contributed by atoms with Crippen LogP contribution in [0.1, 0.15) is 31.9 Å². The van der Waals surface area contributed by atoms with Gasteiger partial charge in [0.15, 0.2) is 0 Å². The van der Waals surface area contributed by atoms with Crippen LogP contribution in [0, 0.1) is 6.92 Å². The van der Waals surface area contributed by atoms with Crippen molar-refractivity contribution in [3.8, 4) is 0 Å². The molecule has 1 aliphatic rings. The molecule has 1 aromatic rings. The van der Waals surface area contributed by atoms with Crippen LogP contribution in [0.4, 0.5) is 10.5 Å². The molecule has 1 aliphatic heterocycles. The molecule has 8 heteroatoms. The van der Waals surface area contributed by atoms with Crippen molar-refractivity contribution in [2.45, 2.75) is 39.0 Å². The van der Waals surface area contributed by atoms with E-state index in [4.69, 9.17) is 4.74 Å². The average molecular weight is 366 g/mol. The summed E-state index contributed by atoms with van der Waals surface area (Å²) in [5.41, 5.74) is 2.73. The number of rotatable bonds is 3. The van der Waals surface area contributed by atoms with Gasteiger partial charge in [-0.15, -0.1) is 0 Å². The summed E-state index contributed by atoms with van der Waals surface area (Å²) in [4.78, 5) is 16.0. The van der Waals surface area contributed by atoms with Gasteiger partial charge < -0.3 is 24.6 Å². The lowest BCUT2D eigenvalue weighted by Crippen LogP contribution is -2.50. The standard InChI is InChI=1S/C17H27BN2O4S/c1-12-13(11-25)9-14(10-15(12)18(22)23)19-5-7-20(8-6-19)16(21)24-17(2,3)4/h9-10,22-23,25H,5-8,11H2,1-4H3. The van der Waals surface area contributed by atoms with Gasteiger partial charge in [0.1, 0.15) is 5.60 Å². The maximum Gasteiger partial charge on any atom is 0.488 e. The molecule has 138 valence electrons. The molecule has 0 atom stereocenters. The zero-order valence-corrected chi connectivity index (χ0v) is 16.2. The van der Waals surface area contributed by atoms with Crippen molar-refractivity contribution in [2.24, 2.45) is 0 Å². The van der Waals surface area contributed by atoms with Crippen LogP contribution in [0.3, 0.4) is 0 Å². The fourth-order valence-corrected chi connectivity index (χ4v) is 3.20. The number of piperazine rings is 1. The third-order valence-electron chi connectivity index (χ3n) is 4.29. The Morgan fingerprint density at radius 2 is 1.84 bits per heavy atom. The second-order valence-electron chi connectivity index (χ2n) is 7.31. The quantitative estimate of drug-likeness (QED) is 0.553. The van der Waals surface area contributed by atoms with E-state index in [9.17, 15) is 14.8 Å². The van der Waals surface area contributed by atoms with Crippen LogP contribution in [0.25, 0.3) is 0 Å². The third-order valence-corrected chi connectivity index (χ3v) is 4.63. The van der Waals surface area contributed by atoms with Gasteiger partial charge in [0.25, 0.3) is 0 Å². The highest BCUT2D eigenvalue weighted by Crippen LogP contribution is 2.22. The minimum Gasteiger partial charge on any atom is -0.444 e. The summed E-state index contributed by atoms with van der Waals surface area (Å²) < 4.78 is 5.41. The summed E-state index contributed by atoms with van der Waals surface area (Å²) >= 11 is 4.34. The van der Waals surface area contributed by atoms with Crippen LogP contribution in [0.15, 0.2) is 12.1 Å². The molecule has 2 rings (SSSR count). The van der Waals surface area contributed by atoms with Crippen molar-refractivity contribution in [2.75, 3.05) is 31.1 Å². The van der Waals surface area contributed by atoms with Crippen molar-refractivity contribution < 1.29 is 19.6 Å². The van der Waals surface area contributed by atoms with Crippen molar-refractivity contribution in [1.82, 2.24) is 4.90 Å². The van der Waals surface area contributed by atoms with Gasteiger partial charge >= 0.3 is 13.2 Å². The Balaban J connectivity index is 2.10. The first-order valence-electron chi connectivity index (χ1n) is 8.45. The summed E-state index contributed by atoms with van der Waals surface area (Å²) in [7, 11) is -1.51. The van der Waals surface area contributed by atoms with Gasteiger partial charge in [-0.3, -0.25) is 0 Å². The van der Waals surface area contributed by atoms with E-state index in [2.05, 4.69) is 17.5 Å². The molecule has 1 amide bonds. The number of thiol groups is 1. The monoisotopic (exact) mass is 366 g/mol. The molecule has 1 saturated heterocycles. The number of ether oxygens (including phenoxy) is 1. The summed E-state index contributed by atoms with van der Waals surface area (Å²) in [5.74, 6) is 0.525. The van der Waals surface area contributed by atoms with E-state index in [0.717, 1.165) is 16.8 Å². The summed E-state index contributed by atoms with van der Waals surface area (Å²) in [6, 6.07) is 3.83. The second-order valence-corrected chi connectivity index (χ2v) is 7.62. The van der Waals surface area contributed by atoms with E-state index in [-0.39, 0.29) is 6.09 Å². The lowest BCUT2D eigenvalue weighted by Gasteiger charge is -2.37. The SMILES string of the molecule is Cc1c(CS)cc(N2CCN(C(=O)OC(C)(C)C)CC2)cc1B(O)O. The van der Waals surface area contributed by atoms with E-state index in [1.807, 2.05) is 33.8 Å². The molecule has 0 unspecified atom stereocenters. The van der Waals surface area contributed by atoms with Gasteiger partial charge in [0, 0.05) is 37.6 Å². The first-order chi connectivity index (χ1) is 11.6. The number of hydrogen-bond acceptors (Lipinski definition) is 6. The zero-order chi connectivity index (χ0) is 18.8. The van der Waals surface area contributed by atoms with Gasteiger partial charge in [0.2, 0.25) is 0 Å². The van der Waals surface area contributed by atoms with E-state index in [1.54, 1.807) is 11.0 Å². The molecular formula is C17H27BN2O4S. The number of hydrogen-bond donors (Lipinski definition) is 3. The van der Waals surface area contributed by atoms with Crippen molar-refractivity contribution in [1.29, 1.82) is 0 Å². The van der Waals surface area contributed by atoms with Crippen molar-refractivity contribution >= 4 is 37.0 Å². The Labute approximate surface area is 155 Å². The van der Waals surface area contributed by atoms with Gasteiger partial charge in [0.05, 0.1) is 0 Å². The van der Waals surface area contributed by atoms with E-state index < -0.39 is 12.7 Å². The molecule has 6 nitrogen and oxygen atoms in total. The number of carbonyl (C=O) groups is 1. The smallest absolute Gasteiger partial charge is 0.444 e. The fourth-order valence-electron chi connectivity index (χ4n) is 2.87. The highest BCUT2D eigenvalue weighted by atomic mass is 32.1. The molecule has 25 heavy (non-hydrogen) atoms. The number of benzene rings is 1. The Morgan fingerprint density at radius 3 is 2.32 bits per heavy atom. The Morgan fingerprint density at radius 1 is 1.24 bits per heavy atom. The van der Waals surface area contributed by atoms with Crippen LogP contribution in [0.2, 0.25) is 0 Å². The highest BCUT2D eigenvalue weighted by Gasteiger charge is 2.27. The van der Waals surface area contributed by atoms with Crippen molar-refractivity contribution in [3.05, 3.63) is 23.3 Å². The number of anilines is 1. The average Bonchev–Trinajstić information content (AvgIpc) is 2.53. The van der Waals surface area contributed by atoms with Crippen LogP contribution < -0.4 is 10.4 Å². The van der Waals surface area contributed by atoms with Gasteiger partial charge in [-0.1, -0.05) is 0 Å². The van der Waals surface area contributed by atoms with Crippen LogP contribution in [-0.2, 0) is 10.5 Å². The Kier molecular flexibility index (Phi) is 6.29. The summed E-state index contributed by atoms with van der Waals surface area (Å²) in [6.45, 7) is 9.89. The Hall–Kier alpha value is -1.38. The number of carbonyl (C=O) groups excluding carboxylic acids is 1. The predicted octanol–water partition coefficient (Wildman–Crippen LogP) is 1.16. The maximum atomic E-state index is 12.2. The number of nitrogens with zero attached hydrogens (tertiary/aromatic N) is 2. The molecule has 1 fully saturated rings. The normalized spacial score (nSPS) is 15.3. The van der Waals surface area contributed by atoms with Gasteiger partial charge in [-0.2, -0.15) is 12.6 Å². The molecule has 0 aliphatic carbocycles. The lowest BCUT2D eigenvalue weighted by atomic mass is 9.75. The zero-order valence-electron chi connectivity index (χ0n) is 15.3. The topological polar surface area (TPSA) is 73.2 Å². The maximum absolute atomic E-state index is 12.2. The second kappa shape index (κ2) is 7.89. The molecule has 1 aromatic carbocycles. The molecular weight excluding hydrogens is 339 g/mol. The number of amides is 1. The predicted molar refractivity (Wildman–Crippen MR) is 104 cm³/mol. The van der Waals surface area contributed by atoms with Crippen LogP contribution in [-0.4, -0.2) is 59.9 Å². The molecule has 2 N–H and O–H groups in total. The molecule has 0 aromatic heterocycles. The highest BCUT2D eigenvalue weighted by molar-refractivity contribution is 7.79. The molecule has 0 bridgehead atoms. The van der Waals surface area contributed by atoms with Crippen LogP contribution >= 0.6 is 12.6 Å². The van der Waals surface area contributed by atoms with Crippen molar-refractivity contribution in [3.63, 3.8) is 0 Å². The van der Waals surface area contributed by atoms with E-state index >= 15 is 0 Å². The third kappa shape index (κ3) is 5.06. The largest absolute Gasteiger partial charge is 0.488 e. The fraction of sp³-hybridized carbons (Fsp3) is 0.588. The first kappa shape index (κ1) is 19.9. The summed E-state index contributed by atoms with van der Waals surface area (Å²) in [6.07, 6.45) is -0.293. The molecule has 0 radical (unpaired) electrons. The molecule has 0 saturated carbocycles. The minimum atomic E-state index is -1.51. The van der Waals surface area contributed by atoms with E-state index in [1.165, 1.54) is 0 Å². The minimum absolute atomic E-state index is 0.293. The van der Waals surface area contributed by atoms with Crippen LogP contribution in [0.5, 0.6) is 0 Å². The Bertz CT molecular complexity index is 626. The molecule has 0 spiro atoms. The van der Waals surface area contributed by atoms with Gasteiger partial charge in [-0.05, 0) is 56.4 Å². The van der Waals surface area contributed by atoms with E-state index in [0.29, 0.717) is 37.4 Å². The first-order valence-corrected chi connectivity index (χ1v) is 9.09.